The first-order valence-electron chi connectivity index (χ1n) is 6.76. The summed E-state index contributed by atoms with van der Waals surface area (Å²) in [7, 11) is 1.27. The largest absolute Gasteiger partial charge is 0.497 e. The van der Waals surface area contributed by atoms with Gasteiger partial charge in [-0.05, 0) is 0 Å². The molecule has 2 fully saturated rings. The number of aliphatic hydroxyl groups excluding tert-OH is 1. The van der Waals surface area contributed by atoms with E-state index in [1.54, 1.807) is 0 Å². The number of nitrogens with one attached hydrogen (secondary N) is 1. The predicted octanol–water partition coefficient (Wildman–Crippen LogP) is 0.230. The standard InChI is InChI=1S/C14H15F2NO5/c1-20-6-2-7(15)11(8(16)3-6)14(19)17-9-4-21-13-10(18)5-22-12(9)13/h2-3,9-10,12-13,18H,4-5H2,1H3,(H,17,19)/t9-,10+,12+,13+/m0/s1. The molecule has 2 aliphatic rings. The third-order valence-corrected chi connectivity index (χ3v) is 3.82. The van der Waals surface area contributed by atoms with Crippen molar-refractivity contribution in [3.05, 3.63) is 29.3 Å². The van der Waals surface area contributed by atoms with Crippen LogP contribution in [0.4, 0.5) is 8.78 Å². The molecule has 6 nitrogen and oxygen atoms in total. The quantitative estimate of drug-likeness (QED) is 0.835. The fourth-order valence-corrected chi connectivity index (χ4v) is 2.73. The predicted molar refractivity (Wildman–Crippen MR) is 69.7 cm³/mol. The maximum atomic E-state index is 13.9. The van der Waals surface area contributed by atoms with E-state index < -0.39 is 47.5 Å². The SMILES string of the molecule is COc1cc(F)c(C(=O)N[C@H]2CO[C@H]3[C@@H]2OC[C@H]3O)c(F)c1. The van der Waals surface area contributed by atoms with Gasteiger partial charge in [-0.3, -0.25) is 4.79 Å². The second-order valence-corrected chi connectivity index (χ2v) is 5.21. The summed E-state index contributed by atoms with van der Waals surface area (Å²) in [6.07, 6.45) is -1.82. The number of halogens is 2. The summed E-state index contributed by atoms with van der Waals surface area (Å²) in [6.45, 7) is 0.213. The molecule has 120 valence electrons. The van der Waals surface area contributed by atoms with Gasteiger partial charge in [-0.1, -0.05) is 0 Å². The minimum Gasteiger partial charge on any atom is -0.497 e. The van der Waals surface area contributed by atoms with Gasteiger partial charge in [-0.25, -0.2) is 8.78 Å². The minimum atomic E-state index is -1.02. The Kier molecular flexibility index (Phi) is 3.98. The van der Waals surface area contributed by atoms with Crippen molar-refractivity contribution in [2.75, 3.05) is 20.3 Å². The number of hydrogen-bond acceptors (Lipinski definition) is 5. The number of methoxy groups -OCH3 is 1. The van der Waals surface area contributed by atoms with Gasteiger partial charge in [-0.2, -0.15) is 0 Å². The molecule has 0 aliphatic carbocycles. The summed E-state index contributed by atoms with van der Waals surface area (Å²) < 4.78 is 43.1. The lowest BCUT2D eigenvalue weighted by Gasteiger charge is -2.18. The lowest BCUT2D eigenvalue weighted by atomic mass is 10.1. The molecule has 2 N–H and O–H groups in total. The van der Waals surface area contributed by atoms with Gasteiger partial charge < -0.3 is 24.6 Å². The summed E-state index contributed by atoms with van der Waals surface area (Å²) in [5, 5.41) is 12.1. The molecule has 0 bridgehead atoms. The van der Waals surface area contributed by atoms with Crippen molar-refractivity contribution in [2.24, 2.45) is 0 Å². The van der Waals surface area contributed by atoms with Crippen LogP contribution >= 0.6 is 0 Å². The van der Waals surface area contributed by atoms with E-state index in [1.807, 2.05) is 0 Å². The molecule has 2 aliphatic heterocycles. The summed E-state index contributed by atoms with van der Waals surface area (Å²) in [4.78, 5) is 12.1. The molecule has 2 saturated heterocycles. The van der Waals surface area contributed by atoms with E-state index in [0.717, 1.165) is 12.1 Å². The first-order chi connectivity index (χ1) is 10.5. The second-order valence-electron chi connectivity index (χ2n) is 5.21. The smallest absolute Gasteiger partial charge is 0.257 e. The molecular formula is C14H15F2NO5. The number of carbonyl (C=O) groups excluding carboxylic acids is 1. The zero-order valence-corrected chi connectivity index (χ0v) is 11.7. The Hall–Kier alpha value is -1.77. The number of benzene rings is 1. The lowest BCUT2D eigenvalue weighted by Crippen LogP contribution is -2.44. The van der Waals surface area contributed by atoms with Gasteiger partial charge in [0.2, 0.25) is 0 Å². The molecule has 4 atom stereocenters. The van der Waals surface area contributed by atoms with E-state index in [0.29, 0.717) is 0 Å². The molecule has 0 saturated carbocycles. The highest BCUT2D eigenvalue weighted by Crippen LogP contribution is 2.27. The normalized spacial score (nSPS) is 30.2. The number of fused-ring (bicyclic) bond motifs is 1. The Morgan fingerprint density at radius 2 is 1.91 bits per heavy atom. The molecule has 1 aromatic carbocycles. The maximum Gasteiger partial charge on any atom is 0.257 e. The number of aliphatic hydroxyl groups is 1. The number of rotatable bonds is 3. The van der Waals surface area contributed by atoms with E-state index in [2.05, 4.69) is 5.32 Å². The molecule has 3 rings (SSSR count). The molecule has 0 unspecified atom stereocenters. The highest BCUT2D eigenvalue weighted by molar-refractivity contribution is 5.95. The summed E-state index contributed by atoms with van der Waals surface area (Å²) >= 11 is 0. The highest BCUT2D eigenvalue weighted by atomic mass is 19.1. The molecule has 22 heavy (non-hydrogen) atoms. The van der Waals surface area contributed by atoms with Crippen LogP contribution in [0.5, 0.6) is 5.75 Å². The number of carbonyl (C=O) groups is 1. The fourth-order valence-electron chi connectivity index (χ4n) is 2.73. The van der Waals surface area contributed by atoms with Crippen molar-refractivity contribution in [1.29, 1.82) is 0 Å². The van der Waals surface area contributed by atoms with E-state index in [-0.39, 0.29) is 19.0 Å². The van der Waals surface area contributed by atoms with Gasteiger partial charge in [-0.15, -0.1) is 0 Å². The van der Waals surface area contributed by atoms with Crippen LogP contribution in [0.1, 0.15) is 10.4 Å². The van der Waals surface area contributed by atoms with Crippen molar-refractivity contribution in [3.63, 3.8) is 0 Å². The molecular weight excluding hydrogens is 300 g/mol. The maximum absolute atomic E-state index is 13.9. The van der Waals surface area contributed by atoms with Crippen LogP contribution in [0.2, 0.25) is 0 Å². The summed E-state index contributed by atoms with van der Waals surface area (Å²) in [5.74, 6) is -2.95. The second kappa shape index (κ2) is 5.79. The van der Waals surface area contributed by atoms with Gasteiger partial charge in [0.05, 0.1) is 26.4 Å². The van der Waals surface area contributed by atoms with Gasteiger partial charge in [0.1, 0.15) is 41.3 Å². The van der Waals surface area contributed by atoms with Gasteiger partial charge >= 0.3 is 0 Å². The molecule has 1 amide bonds. The van der Waals surface area contributed by atoms with Crippen molar-refractivity contribution in [1.82, 2.24) is 5.32 Å². The number of ether oxygens (including phenoxy) is 3. The average molecular weight is 315 g/mol. The van der Waals surface area contributed by atoms with E-state index in [9.17, 15) is 18.7 Å². The van der Waals surface area contributed by atoms with Gasteiger partial charge in [0.15, 0.2) is 0 Å². The van der Waals surface area contributed by atoms with Crippen LogP contribution in [-0.4, -0.2) is 55.7 Å². The van der Waals surface area contributed by atoms with Crippen LogP contribution in [-0.2, 0) is 9.47 Å². The van der Waals surface area contributed by atoms with Gasteiger partial charge in [0.25, 0.3) is 5.91 Å². The lowest BCUT2D eigenvalue weighted by molar-refractivity contribution is 0.0178. The Labute approximate surface area is 125 Å². The molecule has 1 aromatic rings. The molecule has 8 heteroatoms. The zero-order valence-electron chi connectivity index (χ0n) is 11.7. The Bertz CT molecular complexity index is 574. The van der Waals surface area contributed by atoms with Crippen LogP contribution < -0.4 is 10.1 Å². The Morgan fingerprint density at radius 3 is 2.55 bits per heavy atom. The fraction of sp³-hybridized carbons (Fsp3) is 0.500. The third-order valence-electron chi connectivity index (χ3n) is 3.82. The highest BCUT2D eigenvalue weighted by Gasteiger charge is 2.47. The van der Waals surface area contributed by atoms with E-state index in [4.69, 9.17) is 14.2 Å². The Balaban J connectivity index is 1.76. The topological polar surface area (TPSA) is 77.0 Å². The third kappa shape index (κ3) is 2.53. The van der Waals surface area contributed by atoms with Crippen LogP contribution in [0.3, 0.4) is 0 Å². The molecule has 0 radical (unpaired) electrons. The van der Waals surface area contributed by atoms with Crippen LogP contribution in [0.25, 0.3) is 0 Å². The summed E-state index contributed by atoms with van der Waals surface area (Å²) in [6, 6.07) is 1.29. The summed E-state index contributed by atoms with van der Waals surface area (Å²) in [5.41, 5.74) is -0.692. The molecule has 2 heterocycles. The molecule has 0 spiro atoms. The zero-order chi connectivity index (χ0) is 15.9. The van der Waals surface area contributed by atoms with E-state index >= 15 is 0 Å². The number of hydrogen-bond donors (Lipinski definition) is 2. The molecule has 0 aromatic heterocycles. The van der Waals surface area contributed by atoms with Crippen molar-refractivity contribution in [3.8, 4) is 5.75 Å². The Morgan fingerprint density at radius 1 is 1.27 bits per heavy atom. The monoisotopic (exact) mass is 315 g/mol. The first-order valence-corrected chi connectivity index (χ1v) is 6.76. The number of amides is 1. The van der Waals surface area contributed by atoms with Gasteiger partial charge in [0, 0.05) is 12.1 Å². The van der Waals surface area contributed by atoms with Crippen LogP contribution in [0.15, 0.2) is 12.1 Å². The van der Waals surface area contributed by atoms with Crippen molar-refractivity contribution in [2.45, 2.75) is 24.4 Å². The van der Waals surface area contributed by atoms with Crippen molar-refractivity contribution < 1.29 is 32.9 Å². The van der Waals surface area contributed by atoms with Crippen molar-refractivity contribution >= 4 is 5.91 Å². The first kappa shape index (κ1) is 15.1. The minimum absolute atomic E-state index is 0.0157. The van der Waals surface area contributed by atoms with E-state index in [1.165, 1.54) is 7.11 Å². The van der Waals surface area contributed by atoms with Crippen LogP contribution in [0, 0.1) is 11.6 Å². The average Bonchev–Trinajstić information content (AvgIpc) is 3.02.